The fraction of sp³-hybridized carbons (Fsp3) is 0.200. The zero-order chi connectivity index (χ0) is 14.2. The molecule has 9 heteroatoms. The Kier molecular flexibility index (Phi) is 3.71. The number of alkyl halides is 3. The van der Waals surface area contributed by atoms with Crippen LogP contribution in [-0.2, 0) is 12.8 Å². The fourth-order valence-corrected chi connectivity index (χ4v) is 2.09. The maximum absolute atomic E-state index is 12.6. The summed E-state index contributed by atoms with van der Waals surface area (Å²) in [5.74, 6) is 0. The lowest BCUT2D eigenvalue weighted by Gasteiger charge is -2.11. The summed E-state index contributed by atoms with van der Waals surface area (Å²) < 4.78 is 38.8. The number of halogens is 5. The quantitative estimate of drug-likeness (QED) is 0.927. The van der Waals surface area contributed by atoms with Gasteiger partial charge in [-0.05, 0) is 12.1 Å². The third kappa shape index (κ3) is 2.83. The van der Waals surface area contributed by atoms with Gasteiger partial charge in [-0.3, -0.25) is 0 Å². The summed E-state index contributed by atoms with van der Waals surface area (Å²) in [4.78, 5) is 0. The number of benzene rings is 1. The second-order valence-electron chi connectivity index (χ2n) is 3.60. The van der Waals surface area contributed by atoms with Crippen molar-refractivity contribution < 1.29 is 18.3 Å². The number of rotatable bonds is 2. The van der Waals surface area contributed by atoms with Crippen molar-refractivity contribution in [1.82, 2.24) is 15.0 Å². The lowest BCUT2D eigenvalue weighted by molar-refractivity contribution is -0.137. The largest absolute Gasteiger partial charge is 0.416 e. The highest BCUT2D eigenvalue weighted by molar-refractivity contribution is 6.37. The second-order valence-corrected chi connectivity index (χ2v) is 4.41. The van der Waals surface area contributed by atoms with E-state index in [-0.39, 0.29) is 28.0 Å². The van der Waals surface area contributed by atoms with E-state index in [0.717, 1.165) is 16.8 Å². The average Bonchev–Trinajstić information content (AvgIpc) is 2.75. The number of hydrogen-bond donors (Lipinski definition) is 1. The molecule has 0 bridgehead atoms. The van der Waals surface area contributed by atoms with E-state index in [4.69, 9.17) is 28.3 Å². The van der Waals surface area contributed by atoms with Gasteiger partial charge in [0.15, 0.2) is 0 Å². The molecule has 102 valence electrons. The van der Waals surface area contributed by atoms with Crippen molar-refractivity contribution in [2.24, 2.45) is 0 Å². The molecule has 0 amide bonds. The molecule has 1 aromatic heterocycles. The van der Waals surface area contributed by atoms with Crippen molar-refractivity contribution in [3.63, 3.8) is 0 Å². The predicted molar refractivity (Wildman–Crippen MR) is 62.3 cm³/mol. The summed E-state index contributed by atoms with van der Waals surface area (Å²) in [6.45, 7) is -0.351. The van der Waals surface area contributed by atoms with E-state index >= 15 is 0 Å². The van der Waals surface area contributed by atoms with Gasteiger partial charge in [0.25, 0.3) is 0 Å². The van der Waals surface area contributed by atoms with Crippen LogP contribution in [0.15, 0.2) is 18.3 Å². The van der Waals surface area contributed by atoms with E-state index in [2.05, 4.69) is 10.3 Å². The summed E-state index contributed by atoms with van der Waals surface area (Å²) in [6, 6.07) is 1.51. The van der Waals surface area contributed by atoms with Crippen molar-refractivity contribution in [3.8, 4) is 5.69 Å². The van der Waals surface area contributed by atoms with Gasteiger partial charge in [0, 0.05) is 0 Å². The van der Waals surface area contributed by atoms with Crippen molar-refractivity contribution in [2.75, 3.05) is 0 Å². The molecule has 0 aliphatic carbocycles. The highest BCUT2D eigenvalue weighted by Crippen LogP contribution is 2.37. The zero-order valence-corrected chi connectivity index (χ0v) is 10.6. The van der Waals surface area contributed by atoms with Crippen LogP contribution in [0.5, 0.6) is 0 Å². The smallest absolute Gasteiger partial charge is 0.390 e. The Labute approximate surface area is 115 Å². The van der Waals surface area contributed by atoms with Crippen molar-refractivity contribution in [3.05, 3.63) is 39.6 Å². The Balaban J connectivity index is 2.53. The molecular formula is C10H6Cl2F3N3O. The molecule has 0 unspecified atom stereocenters. The molecule has 2 rings (SSSR count). The predicted octanol–water partition coefficient (Wildman–Crippen LogP) is 3.09. The first kappa shape index (κ1) is 14.1. The van der Waals surface area contributed by atoms with Gasteiger partial charge in [-0.1, -0.05) is 28.4 Å². The Morgan fingerprint density at radius 3 is 2.21 bits per heavy atom. The molecule has 1 heterocycles. The molecule has 0 atom stereocenters. The molecule has 0 fully saturated rings. The van der Waals surface area contributed by atoms with E-state index in [1.807, 2.05) is 0 Å². The summed E-state index contributed by atoms with van der Waals surface area (Å²) in [6.07, 6.45) is -3.22. The Morgan fingerprint density at radius 1 is 1.21 bits per heavy atom. The zero-order valence-electron chi connectivity index (χ0n) is 9.12. The van der Waals surface area contributed by atoms with Crippen LogP contribution in [0.2, 0.25) is 10.0 Å². The molecule has 1 aromatic carbocycles. The number of aliphatic hydroxyl groups excluding tert-OH is 1. The van der Waals surface area contributed by atoms with Gasteiger partial charge in [0.2, 0.25) is 0 Å². The maximum Gasteiger partial charge on any atom is 0.416 e. The highest BCUT2D eigenvalue weighted by atomic mass is 35.5. The van der Waals surface area contributed by atoms with Crippen LogP contribution >= 0.6 is 23.2 Å². The Morgan fingerprint density at radius 2 is 1.79 bits per heavy atom. The molecule has 4 nitrogen and oxygen atoms in total. The summed E-state index contributed by atoms with van der Waals surface area (Å²) in [5, 5.41) is 15.6. The molecule has 1 N–H and O–H groups in total. The molecule has 0 aliphatic rings. The number of aliphatic hydroxyl groups is 1. The average molecular weight is 312 g/mol. The number of hydrogen-bond acceptors (Lipinski definition) is 3. The van der Waals surface area contributed by atoms with Crippen LogP contribution in [0, 0.1) is 0 Å². The van der Waals surface area contributed by atoms with E-state index in [9.17, 15) is 13.2 Å². The van der Waals surface area contributed by atoms with Gasteiger partial charge in [0.05, 0.1) is 28.4 Å². The van der Waals surface area contributed by atoms with Crippen LogP contribution in [0.25, 0.3) is 5.69 Å². The number of aromatic nitrogens is 3. The SMILES string of the molecule is OCc1cn(-c2c(Cl)cc(C(F)(F)F)cc2Cl)nn1. The lowest BCUT2D eigenvalue weighted by atomic mass is 10.2. The Hall–Kier alpha value is -1.31. The van der Waals surface area contributed by atoms with E-state index in [1.165, 1.54) is 6.20 Å². The second kappa shape index (κ2) is 4.99. The molecule has 0 spiro atoms. The lowest BCUT2D eigenvalue weighted by Crippen LogP contribution is -2.07. The normalized spacial score (nSPS) is 11.9. The van der Waals surface area contributed by atoms with Crippen molar-refractivity contribution >= 4 is 23.2 Å². The van der Waals surface area contributed by atoms with E-state index < -0.39 is 11.7 Å². The topological polar surface area (TPSA) is 50.9 Å². The van der Waals surface area contributed by atoms with Crippen LogP contribution in [-0.4, -0.2) is 20.1 Å². The molecule has 0 saturated carbocycles. The minimum absolute atomic E-state index is 0.0727. The molecular weight excluding hydrogens is 306 g/mol. The maximum atomic E-state index is 12.6. The van der Waals surface area contributed by atoms with Crippen LogP contribution in [0.3, 0.4) is 0 Å². The fourth-order valence-electron chi connectivity index (χ4n) is 1.43. The van der Waals surface area contributed by atoms with E-state index in [1.54, 1.807) is 0 Å². The van der Waals surface area contributed by atoms with Crippen molar-refractivity contribution in [2.45, 2.75) is 12.8 Å². The number of nitrogens with zero attached hydrogens (tertiary/aromatic N) is 3. The monoisotopic (exact) mass is 311 g/mol. The van der Waals surface area contributed by atoms with Crippen LogP contribution in [0.4, 0.5) is 13.2 Å². The van der Waals surface area contributed by atoms with Gasteiger partial charge in [0.1, 0.15) is 11.4 Å². The first-order valence-corrected chi connectivity index (χ1v) is 5.67. The first-order chi connectivity index (χ1) is 8.82. The summed E-state index contributed by atoms with van der Waals surface area (Å²) in [7, 11) is 0. The summed E-state index contributed by atoms with van der Waals surface area (Å²) in [5.41, 5.74) is -0.635. The van der Waals surface area contributed by atoms with Gasteiger partial charge in [-0.15, -0.1) is 5.10 Å². The first-order valence-electron chi connectivity index (χ1n) is 4.91. The molecule has 0 saturated heterocycles. The van der Waals surface area contributed by atoms with Gasteiger partial charge < -0.3 is 5.11 Å². The minimum Gasteiger partial charge on any atom is -0.390 e. The molecule has 2 aromatic rings. The van der Waals surface area contributed by atoms with Gasteiger partial charge >= 0.3 is 6.18 Å². The molecule has 0 aliphatic heterocycles. The third-order valence-electron chi connectivity index (χ3n) is 2.28. The minimum atomic E-state index is -4.54. The third-order valence-corrected chi connectivity index (χ3v) is 2.85. The van der Waals surface area contributed by atoms with E-state index in [0.29, 0.717) is 0 Å². The van der Waals surface area contributed by atoms with Crippen LogP contribution < -0.4 is 0 Å². The van der Waals surface area contributed by atoms with Crippen molar-refractivity contribution in [1.29, 1.82) is 0 Å². The van der Waals surface area contributed by atoms with Gasteiger partial charge in [-0.2, -0.15) is 13.2 Å². The highest BCUT2D eigenvalue weighted by Gasteiger charge is 2.32. The van der Waals surface area contributed by atoms with Gasteiger partial charge in [-0.25, -0.2) is 4.68 Å². The molecule has 0 radical (unpaired) electrons. The standard InChI is InChI=1S/C10H6Cl2F3N3O/c11-7-1-5(10(13,14)15)2-8(12)9(7)18-3-6(4-19)16-17-18/h1-3,19H,4H2. The Bertz CT molecular complexity index is 589. The molecule has 19 heavy (non-hydrogen) atoms. The van der Waals surface area contributed by atoms with Crippen LogP contribution in [0.1, 0.15) is 11.3 Å². The summed E-state index contributed by atoms with van der Waals surface area (Å²) >= 11 is 11.6.